The molecule has 0 bridgehead atoms. The van der Waals surface area contributed by atoms with Gasteiger partial charge in [-0.25, -0.2) is 9.97 Å². The number of halogens is 3. The molecule has 1 saturated heterocycles. The van der Waals surface area contributed by atoms with Crippen LogP contribution in [0.4, 0.5) is 24.8 Å². The quantitative estimate of drug-likeness (QED) is 0.583. The van der Waals surface area contributed by atoms with Gasteiger partial charge < -0.3 is 21.3 Å². The van der Waals surface area contributed by atoms with Gasteiger partial charge in [0.1, 0.15) is 18.0 Å². The standard InChI is InChI=1S/C20H21F3N8/c21-20(22,23)15-3-1-13(2-4-15)16(9-24)30-5-7-31(8-6-30)19-17(14-10-28-29-11-14)18(25)26-12-27-19/h1-4,9-12H,5-8,24H2,(H,28,29)(H2,25,26,27)/b16-9-. The minimum atomic E-state index is -4.37. The Bertz CT molecular complexity index is 1050. The van der Waals surface area contributed by atoms with Crippen molar-refractivity contribution in [1.29, 1.82) is 0 Å². The number of anilines is 2. The second-order valence-electron chi connectivity index (χ2n) is 7.05. The van der Waals surface area contributed by atoms with Crippen molar-refractivity contribution in [3.8, 4) is 11.1 Å². The minimum absolute atomic E-state index is 0.362. The molecule has 0 atom stereocenters. The van der Waals surface area contributed by atoms with Crippen molar-refractivity contribution >= 4 is 17.3 Å². The van der Waals surface area contributed by atoms with Crippen LogP contribution in [0.5, 0.6) is 0 Å². The summed E-state index contributed by atoms with van der Waals surface area (Å²) in [6.07, 6.45) is 1.87. The molecule has 162 valence electrons. The maximum atomic E-state index is 12.8. The van der Waals surface area contributed by atoms with Gasteiger partial charge in [-0.1, -0.05) is 12.1 Å². The molecule has 2 aromatic heterocycles. The number of benzene rings is 1. The Labute approximate surface area is 176 Å². The van der Waals surface area contributed by atoms with Crippen LogP contribution in [0.25, 0.3) is 16.8 Å². The van der Waals surface area contributed by atoms with Crippen LogP contribution in [0.2, 0.25) is 0 Å². The van der Waals surface area contributed by atoms with Gasteiger partial charge in [0.15, 0.2) is 0 Å². The Morgan fingerprint density at radius 2 is 1.77 bits per heavy atom. The summed E-state index contributed by atoms with van der Waals surface area (Å²) in [5, 5.41) is 6.74. The summed E-state index contributed by atoms with van der Waals surface area (Å²) in [6.45, 7) is 2.47. The number of hydrogen-bond acceptors (Lipinski definition) is 7. The average Bonchev–Trinajstić information content (AvgIpc) is 3.29. The molecular formula is C20H21F3N8. The van der Waals surface area contributed by atoms with E-state index in [0.29, 0.717) is 54.6 Å². The summed E-state index contributed by atoms with van der Waals surface area (Å²) in [4.78, 5) is 12.7. The first kappa shape index (κ1) is 20.5. The van der Waals surface area contributed by atoms with E-state index < -0.39 is 11.7 Å². The molecule has 8 nitrogen and oxygen atoms in total. The Kier molecular flexibility index (Phi) is 5.40. The number of nitrogens with one attached hydrogen (secondary N) is 1. The molecule has 0 amide bonds. The van der Waals surface area contributed by atoms with Crippen LogP contribution in [-0.4, -0.2) is 51.2 Å². The van der Waals surface area contributed by atoms with Gasteiger partial charge in [0.25, 0.3) is 0 Å². The summed E-state index contributed by atoms with van der Waals surface area (Å²) in [6, 6.07) is 5.01. The number of nitrogens with two attached hydrogens (primary N) is 2. The molecule has 1 aliphatic heterocycles. The number of rotatable bonds is 4. The topological polar surface area (TPSA) is 113 Å². The zero-order chi connectivity index (χ0) is 22.0. The Hall–Kier alpha value is -3.76. The molecule has 5 N–H and O–H groups in total. The highest BCUT2D eigenvalue weighted by Gasteiger charge is 2.30. The average molecular weight is 430 g/mol. The van der Waals surface area contributed by atoms with E-state index in [-0.39, 0.29) is 0 Å². The molecule has 1 fully saturated rings. The molecular weight excluding hydrogens is 409 g/mol. The van der Waals surface area contributed by atoms with Crippen molar-refractivity contribution in [3.05, 3.63) is 60.3 Å². The highest BCUT2D eigenvalue weighted by Crippen LogP contribution is 2.34. The van der Waals surface area contributed by atoms with E-state index >= 15 is 0 Å². The van der Waals surface area contributed by atoms with Crippen LogP contribution in [0.15, 0.2) is 49.2 Å². The van der Waals surface area contributed by atoms with Gasteiger partial charge >= 0.3 is 6.18 Å². The van der Waals surface area contributed by atoms with Crippen LogP contribution < -0.4 is 16.4 Å². The van der Waals surface area contributed by atoms with E-state index in [0.717, 1.165) is 17.7 Å². The molecule has 1 aromatic carbocycles. The monoisotopic (exact) mass is 430 g/mol. The molecule has 0 saturated carbocycles. The van der Waals surface area contributed by atoms with Gasteiger partial charge in [-0.15, -0.1) is 0 Å². The number of piperazine rings is 1. The van der Waals surface area contributed by atoms with Crippen LogP contribution in [0.1, 0.15) is 11.1 Å². The molecule has 0 radical (unpaired) electrons. The van der Waals surface area contributed by atoms with Gasteiger partial charge in [0.2, 0.25) is 0 Å². The molecule has 0 spiro atoms. The molecule has 3 aromatic rings. The Balaban J connectivity index is 1.51. The highest BCUT2D eigenvalue weighted by molar-refractivity contribution is 5.83. The summed E-state index contributed by atoms with van der Waals surface area (Å²) >= 11 is 0. The molecule has 0 unspecified atom stereocenters. The van der Waals surface area contributed by atoms with Gasteiger partial charge in [-0.05, 0) is 17.7 Å². The molecule has 1 aliphatic rings. The van der Waals surface area contributed by atoms with E-state index in [2.05, 4.69) is 25.1 Å². The summed E-state index contributed by atoms with van der Waals surface area (Å²) < 4.78 is 38.5. The van der Waals surface area contributed by atoms with E-state index in [1.54, 1.807) is 12.4 Å². The molecule has 11 heteroatoms. The van der Waals surface area contributed by atoms with Crippen LogP contribution >= 0.6 is 0 Å². The predicted octanol–water partition coefficient (Wildman–Crippen LogP) is 2.55. The lowest BCUT2D eigenvalue weighted by Gasteiger charge is -2.38. The Morgan fingerprint density at radius 1 is 1.06 bits per heavy atom. The number of alkyl halides is 3. The fraction of sp³-hybridized carbons (Fsp3) is 0.250. The van der Waals surface area contributed by atoms with Crippen LogP contribution in [0, 0.1) is 0 Å². The second-order valence-corrected chi connectivity index (χ2v) is 7.05. The Morgan fingerprint density at radius 3 is 2.35 bits per heavy atom. The van der Waals surface area contributed by atoms with Gasteiger partial charge in [0, 0.05) is 44.1 Å². The zero-order valence-electron chi connectivity index (χ0n) is 16.5. The van der Waals surface area contributed by atoms with Gasteiger partial charge in [-0.3, -0.25) is 5.10 Å². The van der Waals surface area contributed by atoms with E-state index in [9.17, 15) is 13.2 Å². The number of nitrogen functional groups attached to an aromatic ring is 1. The van der Waals surface area contributed by atoms with Crippen molar-refractivity contribution < 1.29 is 13.2 Å². The third kappa shape index (κ3) is 4.11. The summed E-state index contributed by atoms with van der Waals surface area (Å²) in [5.41, 5.74) is 14.1. The number of hydrogen-bond donors (Lipinski definition) is 3. The van der Waals surface area contributed by atoms with Crippen LogP contribution in [0.3, 0.4) is 0 Å². The number of aromatic amines is 1. The number of H-pyrrole nitrogens is 1. The first-order valence-electron chi connectivity index (χ1n) is 9.57. The van der Waals surface area contributed by atoms with Gasteiger partial charge in [0.05, 0.1) is 23.0 Å². The van der Waals surface area contributed by atoms with Crippen molar-refractivity contribution in [1.82, 2.24) is 25.1 Å². The third-order valence-electron chi connectivity index (χ3n) is 5.23. The van der Waals surface area contributed by atoms with Gasteiger partial charge in [-0.2, -0.15) is 18.3 Å². The third-order valence-corrected chi connectivity index (χ3v) is 5.23. The molecule has 4 rings (SSSR count). The molecule has 31 heavy (non-hydrogen) atoms. The normalized spacial score (nSPS) is 15.4. The molecule has 0 aliphatic carbocycles. The maximum absolute atomic E-state index is 12.8. The smallest absolute Gasteiger partial charge is 0.403 e. The highest BCUT2D eigenvalue weighted by atomic mass is 19.4. The largest absolute Gasteiger partial charge is 0.416 e. The molecule has 3 heterocycles. The minimum Gasteiger partial charge on any atom is -0.403 e. The number of aromatic nitrogens is 4. The second kappa shape index (κ2) is 8.17. The fourth-order valence-corrected chi connectivity index (χ4v) is 3.67. The first-order valence-corrected chi connectivity index (χ1v) is 9.57. The van der Waals surface area contributed by atoms with Crippen molar-refractivity contribution in [2.24, 2.45) is 5.73 Å². The number of nitrogens with zero attached hydrogens (tertiary/aromatic N) is 5. The first-order chi connectivity index (χ1) is 14.9. The maximum Gasteiger partial charge on any atom is 0.416 e. The SMILES string of the molecule is N/C=C(/c1ccc(C(F)(F)F)cc1)N1CCN(c2ncnc(N)c2-c2cn[nH]c2)CC1. The summed E-state index contributed by atoms with van der Waals surface area (Å²) in [5.74, 6) is 1.07. The van der Waals surface area contributed by atoms with Crippen molar-refractivity contribution in [2.45, 2.75) is 6.18 Å². The lowest BCUT2D eigenvalue weighted by atomic mass is 10.1. The van der Waals surface area contributed by atoms with Crippen LogP contribution in [-0.2, 0) is 6.18 Å². The summed E-state index contributed by atoms with van der Waals surface area (Å²) in [7, 11) is 0. The fourth-order valence-electron chi connectivity index (χ4n) is 3.67. The van der Waals surface area contributed by atoms with E-state index in [1.165, 1.54) is 24.7 Å². The van der Waals surface area contributed by atoms with E-state index in [1.807, 2.05) is 4.90 Å². The van der Waals surface area contributed by atoms with Crippen molar-refractivity contribution in [2.75, 3.05) is 36.8 Å². The predicted molar refractivity (Wildman–Crippen MR) is 111 cm³/mol. The lowest BCUT2D eigenvalue weighted by molar-refractivity contribution is -0.137. The lowest BCUT2D eigenvalue weighted by Crippen LogP contribution is -2.46. The zero-order valence-corrected chi connectivity index (χ0v) is 16.5. The van der Waals surface area contributed by atoms with Crippen molar-refractivity contribution in [3.63, 3.8) is 0 Å². The van der Waals surface area contributed by atoms with E-state index in [4.69, 9.17) is 11.5 Å².